The first-order chi connectivity index (χ1) is 10.9. The van der Waals surface area contributed by atoms with E-state index in [1.165, 1.54) is 54.9 Å². The molecule has 0 aromatic heterocycles. The highest BCUT2D eigenvalue weighted by molar-refractivity contribution is 5.87. The molecular weight excluding hydrogens is 270 g/mol. The Kier molecular flexibility index (Phi) is 5.33. The topological polar surface area (TPSA) is 21.3 Å². The highest BCUT2D eigenvalue weighted by Crippen LogP contribution is 2.28. The molecule has 22 heavy (non-hydrogen) atoms. The predicted molar refractivity (Wildman–Crippen MR) is 93.4 cm³/mol. The van der Waals surface area contributed by atoms with Gasteiger partial charge in [0.25, 0.3) is 0 Å². The molecule has 3 rings (SSSR count). The van der Waals surface area contributed by atoms with Crippen LogP contribution in [0.2, 0.25) is 0 Å². The first kappa shape index (κ1) is 15.4. The maximum absolute atomic E-state index is 5.87. The Morgan fingerprint density at radius 1 is 1.00 bits per heavy atom. The molecule has 1 N–H and O–H groups in total. The number of benzene rings is 2. The fraction of sp³-hybridized carbons (Fsp3) is 0.500. The van der Waals surface area contributed by atoms with Gasteiger partial charge in [-0.15, -0.1) is 0 Å². The molecule has 2 aromatic carbocycles. The molecule has 0 heterocycles. The van der Waals surface area contributed by atoms with Gasteiger partial charge in [-0.1, -0.05) is 56.0 Å². The molecule has 0 radical (unpaired) electrons. The van der Waals surface area contributed by atoms with Gasteiger partial charge in [-0.05, 0) is 36.6 Å². The Morgan fingerprint density at radius 2 is 1.77 bits per heavy atom. The molecule has 0 saturated heterocycles. The Labute approximate surface area is 133 Å². The second kappa shape index (κ2) is 7.64. The van der Waals surface area contributed by atoms with E-state index in [0.717, 1.165) is 18.9 Å². The molecule has 1 saturated carbocycles. The second-order valence-corrected chi connectivity index (χ2v) is 6.27. The summed E-state index contributed by atoms with van der Waals surface area (Å²) in [5, 5.41) is 6.40. The summed E-state index contributed by atoms with van der Waals surface area (Å²) in [5.41, 5.74) is 1.31. The average molecular weight is 297 g/mol. The summed E-state index contributed by atoms with van der Waals surface area (Å²) in [5.74, 6) is 1.03. The summed E-state index contributed by atoms with van der Waals surface area (Å²) in [6, 6.07) is 13.6. The maximum atomic E-state index is 5.87. The Hall–Kier alpha value is -1.54. The zero-order chi connectivity index (χ0) is 15.2. The minimum atomic E-state index is 0.663. The molecule has 0 bridgehead atoms. The fourth-order valence-electron chi connectivity index (χ4n) is 3.52. The summed E-state index contributed by atoms with van der Waals surface area (Å²) in [7, 11) is 0. The molecule has 118 valence electrons. The smallest absolute Gasteiger partial charge is 0.124 e. The number of rotatable bonds is 5. The van der Waals surface area contributed by atoms with Gasteiger partial charge in [-0.25, -0.2) is 0 Å². The second-order valence-electron chi connectivity index (χ2n) is 6.27. The van der Waals surface area contributed by atoms with Crippen molar-refractivity contribution in [2.24, 2.45) is 0 Å². The highest BCUT2D eigenvalue weighted by Gasteiger charge is 2.14. The summed E-state index contributed by atoms with van der Waals surface area (Å²) >= 11 is 0. The number of fused-ring (bicyclic) bond motifs is 1. The van der Waals surface area contributed by atoms with Gasteiger partial charge >= 0.3 is 0 Å². The van der Waals surface area contributed by atoms with Crippen molar-refractivity contribution in [1.82, 2.24) is 5.32 Å². The molecular formula is C20H27NO. The van der Waals surface area contributed by atoms with Crippen molar-refractivity contribution >= 4 is 10.8 Å². The Morgan fingerprint density at radius 3 is 2.55 bits per heavy atom. The lowest BCUT2D eigenvalue weighted by molar-refractivity contribution is 0.334. The van der Waals surface area contributed by atoms with Gasteiger partial charge in [0, 0.05) is 18.2 Å². The average Bonchev–Trinajstić information content (AvgIpc) is 2.83. The molecule has 0 atom stereocenters. The lowest BCUT2D eigenvalue weighted by atomic mass is 10.0. The molecule has 2 heteroatoms. The molecule has 0 unspecified atom stereocenters. The number of nitrogens with one attached hydrogen (secondary N) is 1. The Balaban J connectivity index is 1.82. The van der Waals surface area contributed by atoms with Crippen LogP contribution in [0.15, 0.2) is 36.4 Å². The fourth-order valence-corrected chi connectivity index (χ4v) is 3.52. The van der Waals surface area contributed by atoms with Crippen molar-refractivity contribution in [2.45, 2.75) is 58.0 Å². The van der Waals surface area contributed by atoms with Crippen molar-refractivity contribution in [3.63, 3.8) is 0 Å². The van der Waals surface area contributed by atoms with E-state index in [0.29, 0.717) is 6.04 Å². The van der Waals surface area contributed by atoms with Gasteiger partial charge < -0.3 is 10.1 Å². The van der Waals surface area contributed by atoms with Crippen LogP contribution in [0.5, 0.6) is 5.75 Å². The number of hydrogen-bond acceptors (Lipinski definition) is 2. The van der Waals surface area contributed by atoms with Crippen molar-refractivity contribution in [3.8, 4) is 5.75 Å². The van der Waals surface area contributed by atoms with Crippen LogP contribution in [0.3, 0.4) is 0 Å². The van der Waals surface area contributed by atoms with Gasteiger partial charge in [-0.2, -0.15) is 0 Å². The largest absolute Gasteiger partial charge is 0.494 e. The predicted octanol–water partition coefficient (Wildman–Crippen LogP) is 5.05. The van der Waals surface area contributed by atoms with Gasteiger partial charge in [0.15, 0.2) is 0 Å². The lowest BCUT2D eigenvalue weighted by Gasteiger charge is -2.19. The van der Waals surface area contributed by atoms with E-state index in [4.69, 9.17) is 4.74 Å². The summed E-state index contributed by atoms with van der Waals surface area (Å²) in [4.78, 5) is 0. The van der Waals surface area contributed by atoms with E-state index in [-0.39, 0.29) is 0 Å². The van der Waals surface area contributed by atoms with E-state index >= 15 is 0 Å². The van der Waals surface area contributed by atoms with Crippen LogP contribution in [0.4, 0.5) is 0 Å². The summed E-state index contributed by atoms with van der Waals surface area (Å²) < 4.78 is 5.87. The molecule has 1 aliphatic carbocycles. The molecule has 1 aliphatic rings. The molecule has 0 aliphatic heterocycles. The van der Waals surface area contributed by atoms with Gasteiger partial charge in [0.1, 0.15) is 5.75 Å². The van der Waals surface area contributed by atoms with E-state index < -0.39 is 0 Å². The number of ether oxygens (including phenoxy) is 1. The summed E-state index contributed by atoms with van der Waals surface area (Å²) in [6.07, 6.45) is 8.16. The van der Waals surface area contributed by atoms with Crippen LogP contribution in [0, 0.1) is 0 Å². The van der Waals surface area contributed by atoms with Crippen LogP contribution < -0.4 is 10.1 Å². The minimum Gasteiger partial charge on any atom is -0.494 e. The first-order valence-electron chi connectivity index (χ1n) is 8.75. The van der Waals surface area contributed by atoms with E-state index in [2.05, 4.69) is 48.6 Å². The lowest BCUT2D eigenvalue weighted by Crippen LogP contribution is -2.28. The van der Waals surface area contributed by atoms with Crippen molar-refractivity contribution in [2.75, 3.05) is 6.61 Å². The highest BCUT2D eigenvalue weighted by atomic mass is 16.5. The number of hydrogen-bond donors (Lipinski definition) is 1. The van der Waals surface area contributed by atoms with Gasteiger partial charge in [-0.3, -0.25) is 0 Å². The van der Waals surface area contributed by atoms with Crippen molar-refractivity contribution in [1.29, 1.82) is 0 Å². The van der Waals surface area contributed by atoms with Gasteiger partial charge in [0.05, 0.1) is 6.61 Å². The standard InChI is InChI=1S/C20H27NO/c1-2-22-20-14-13-16-9-7-8-12-18(16)19(20)15-21-17-10-5-3-4-6-11-17/h7-9,12-14,17,21H,2-6,10-11,15H2,1H3. The zero-order valence-electron chi connectivity index (χ0n) is 13.6. The van der Waals surface area contributed by atoms with Crippen molar-refractivity contribution < 1.29 is 4.74 Å². The van der Waals surface area contributed by atoms with E-state index in [9.17, 15) is 0 Å². The van der Waals surface area contributed by atoms with Crippen LogP contribution in [-0.2, 0) is 6.54 Å². The van der Waals surface area contributed by atoms with Crippen LogP contribution in [0.1, 0.15) is 51.0 Å². The molecule has 2 aromatic rings. The van der Waals surface area contributed by atoms with Crippen molar-refractivity contribution in [3.05, 3.63) is 42.0 Å². The molecule has 2 nitrogen and oxygen atoms in total. The van der Waals surface area contributed by atoms with Gasteiger partial charge in [0.2, 0.25) is 0 Å². The molecule has 1 fully saturated rings. The normalized spacial score (nSPS) is 16.6. The monoisotopic (exact) mass is 297 g/mol. The minimum absolute atomic E-state index is 0.663. The third kappa shape index (κ3) is 3.61. The first-order valence-corrected chi connectivity index (χ1v) is 8.75. The maximum Gasteiger partial charge on any atom is 0.124 e. The van der Waals surface area contributed by atoms with Crippen LogP contribution in [0.25, 0.3) is 10.8 Å². The quantitative estimate of drug-likeness (QED) is 0.780. The van der Waals surface area contributed by atoms with Crippen LogP contribution >= 0.6 is 0 Å². The molecule has 0 amide bonds. The third-order valence-corrected chi connectivity index (χ3v) is 4.72. The summed E-state index contributed by atoms with van der Waals surface area (Å²) in [6.45, 7) is 3.67. The SMILES string of the molecule is CCOc1ccc2ccccc2c1CNC1CCCCCC1. The third-order valence-electron chi connectivity index (χ3n) is 4.72. The molecule has 0 spiro atoms. The van der Waals surface area contributed by atoms with E-state index in [1.54, 1.807) is 0 Å². The zero-order valence-corrected chi connectivity index (χ0v) is 13.6. The Bertz CT molecular complexity index is 600. The van der Waals surface area contributed by atoms with E-state index in [1.807, 2.05) is 0 Å². The van der Waals surface area contributed by atoms with Crippen LogP contribution in [-0.4, -0.2) is 12.6 Å².